The molecule has 0 saturated heterocycles. The smallest absolute Gasteiger partial charge is 0.204 e. The Morgan fingerprint density at radius 2 is 0.860 bits per heavy atom. The Morgan fingerprint density at radius 1 is 0.540 bits per heavy atom. The van der Waals surface area contributed by atoms with E-state index in [1.165, 1.54) is 54.4 Å². The average molecular weight is 687 g/mol. The number of phenolic OH excluding ortho intramolecular Hbond substituents is 2. The summed E-state index contributed by atoms with van der Waals surface area (Å²) < 4.78 is 22.8. The lowest BCUT2D eigenvalue weighted by atomic mass is 9.74. The van der Waals surface area contributed by atoms with E-state index in [0.29, 0.717) is 10.8 Å². The zero-order chi connectivity index (χ0) is 36.7. The van der Waals surface area contributed by atoms with Crippen molar-refractivity contribution in [3.8, 4) is 34.5 Å². The fraction of sp³-hybridized carbons (Fsp3) is 0.368. The highest BCUT2D eigenvalue weighted by Gasteiger charge is 2.37. The number of aliphatic hydroxyl groups is 2. The molecule has 12 heteroatoms. The summed E-state index contributed by atoms with van der Waals surface area (Å²) in [5.74, 6) is -4.10. The summed E-state index contributed by atoms with van der Waals surface area (Å²) in [7, 11) is 5.27. The summed E-state index contributed by atoms with van der Waals surface area (Å²) in [5, 5.41) is 45.3. The molecule has 0 spiro atoms. The van der Waals surface area contributed by atoms with Gasteiger partial charge in [0.2, 0.25) is 11.5 Å². The van der Waals surface area contributed by atoms with Crippen molar-refractivity contribution in [2.24, 2.45) is 0 Å². The van der Waals surface area contributed by atoms with E-state index in [-0.39, 0.29) is 102 Å². The van der Waals surface area contributed by atoms with Crippen LogP contribution < -0.4 is 29.8 Å². The number of Topliss-reactive ketones (excluding diaryl/α,β-unsaturated/α-hetero) is 2. The lowest BCUT2D eigenvalue weighted by Gasteiger charge is -2.29. The van der Waals surface area contributed by atoms with Crippen molar-refractivity contribution in [3.05, 3.63) is 43.7 Å². The number of ether oxygens (including phenoxy) is 4. The van der Waals surface area contributed by atoms with Gasteiger partial charge in [-0.05, 0) is 58.7 Å². The topological polar surface area (TPSA) is 186 Å². The molecule has 4 unspecified atom stereocenters. The van der Waals surface area contributed by atoms with Gasteiger partial charge in [0, 0.05) is 46.2 Å². The van der Waals surface area contributed by atoms with Gasteiger partial charge < -0.3 is 39.4 Å². The molecule has 4 N–H and O–H groups in total. The van der Waals surface area contributed by atoms with E-state index in [0.717, 1.165) is 0 Å². The first-order chi connectivity index (χ1) is 23.7. The molecule has 0 aliphatic carbocycles. The standard InChI is InChI=1S/C38H38O12/c1-13(39)9-19(41)15(3)23-17-11-21(43)27-29-25(17)26-18(24(23)16(4)20(42)10-14(2)40)12-22(44)28-30(26)32(36(48-6)38(50-8)34(28)46)31(29)35(47-5)37(49-7)33(27)45/h11-16,39-40,45-46H,9-10H2,1-8H3. The minimum absolute atomic E-state index is 0.00354. The fourth-order valence-electron chi connectivity index (χ4n) is 7.85. The van der Waals surface area contributed by atoms with Gasteiger partial charge in [-0.2, -0.15) is 0 Å². The Kier molecular flexibility index (Phi) is 8.52. The Labute approximate surface area is 285 Å². The summed E-state index contributed by atoms with van der Waals surface area (Å²) in [4.78, 5) is 56.1. The van der Waals surface area contributed by atoms with Gasteiger partial charge in [-0.25, -0.2) is 0 Å². The van der Waals surface area contributed by atoms with Gasteiger partial charge in [0.15, 0.2) is 33.9 Å². The first kappa shape index (κ1) is 34.7. The van der Waals surface area contributed by atoms with E-state index >= 15 is 0 Å². The van der Waals surface area contributed by atoms with Gasteiger partial charge in [-0.3, -0.25) is 19.2 Å². The number of benzene rings is 6. The summed E-state index contributed by atoms with van der Waals surface area (Å²) in [5.41, 5.74) is -0.699. The second-order valence-corrected chi connectivity index (χ2v) is 13.0. The van der Waals surface area contributed by atoms with Crippen molar-refractivity contribution in [2.45, 2.75) is 64.6 Å². The molecule has 0 aliphatic rings. The van der Waals surface area contributed by atoms with Crippen molar-refractivity contribution >= 4 is 65.4 Å². The predicted molar refractivity (Wildman–Crippen MR) is 189 cm³/mol. The number of carbonyl (C=O) groups excluding carboxylic acids is 2. The minimum atomic E-state index is -0.995. The Bertz CT molecular complexity index is 2290. The molecular weight excluding hydrogens is 648 g/mol. The average Bonchev–Trinajstić information content (AvgIpc) is 3.05. The van der Waals surface area contributed by atoms with Crippen LogP contribution in [0.15, 0.2) is 21.7 Å². The van der Waals surface area contributed by atoms with Crippen LogP contribution in [0.3, 0.4) is 0 Å². The van der Waals surface area contributed by atoms with Gasteiger partial charge in [-0.15, -0.1) is 0 Å². The van der Waals surface area contributed by atoms with E-state index in [1.54, 1.807) is 13.8 Å². The maximum atomic E-state index is 14.3. The Hall–Kier alpha value is -5.20. The zero-order valence-corrected chi connectivity index (χ0v) is 28.9. The summed E-state index contributed by atoms with van der Waals surface area (Å²) in [6, 6.07) is 2.57. The zero-order valence-electron chi connectivity index (χ0n) is 28.9. The molecule has 50 heavy (non-hydrogen) atoms. The van der Waals surface area contributed by atoms with Crippen LogP contribution in [0.25, 0.3) is 53.9 Å². The largest absolute Gasteiger partial charge is 0.504 e. The van der Waals surface area contributed by atoms with Gasteiger partial charge in [0.05, 0.1) is 51.4 Å². The normalized spacial score (nSPS) is 14.5. The molecule has 0 amide bonds. The molecule has 4 atom stereocenters. The number of rotatable bonds is 12. The van der Waals surface area contributed by atoms with Crippen molar-refractivity contribution in [1.29, 1.82) is 0 Å². The second-order valence-electron chi connectivity index (χ2n) is 13.0. The first-order valence-corrected chi connectivity index (χ1v) is 16.1. The van der Waals surface area contributed by atoms with Crippen LogP contribution in [-0.2, 0) is 9.59 Å². The van der Waals surface area contributed by atoms with Crippen LogP contribution in [0.4, 0.5) is 0 Å². The van der Waals surface area contributed by atoms with Crippen LogP contribution >= 0.6 is 0 Å². The highest BCUT2D eigenvalue weighted by Crippen LogP contribution is 2.59. The quantitative estimate of drug-likeness (QED) is 0.102. The fourth-order valence-corrected chi connectivity index (χ4v) is 7.85. The number of hydrogen-bond donors (Lipinski definition) is 4. The first-order valence-electron chi connectivity index (χ1n) is 16.1. The predicted octanol–water partition coefficient (Wildman–Crippen LogP) is 4.82. The van der Waals surface area contributed by atoms with Crippen molar-refractivity contribution < 1.29 is 49.0 Å². The van der Waals surface area contributed by atoms with E-state index in [4.69, 9.17) is 18.9 Å². The molecule has 6 aromatic rings. The number of carbonyl (C=O) groups is 2. The number of phenols is 2. The molecule has 0 aliphatic heterocycles. The van der Waals surface area contributed by atoms with Gasteiger partial charge in [-0.1, -0.05) is 13.8 Å². The number of fused-ring (bicyclic) bond motifs is 1. The summed E-state index contributed by atoms with van der Waals surface area (Å²) in [6.07, 6.45) is -2.45. The molecule has 6 aromatic carbocycles. The van der Waals surface area contributed by atoms with Crippen LogP contribution in [0.2, 0.25) is 0 Å². The molecule has 6 rings (SSSR count). The molecule has 262 valence electrons. The monoisotopic (exact) mass is 686 g/mol. The number of hydrogen-bond acceptors (Lipinski definition) is 12. The van der Waals surface area contributed by atoms with Gasteiger partial charge >= 0.3 is 0 Å². The number of ketones is 2. The number of aliphatic hydroxyl groups excluding tert-OH is 2. The molecule has 0 bridgehead atoms. The highest BCUT2D eigenvalue weighted by molar-refractivity contribution is 6.44. The van der Waals surface area contributed by atoms with Crippen molar-refractivity contribution in [3.63, 3.8) is 0 Å². The molecular formula is C38H38O12. The molecule has 0 fully saturated rings. The van der Waals surface area contributed by atoms with Crippen molar-refractivity contribution in [2.75, 3.05) is 28.4 Å². The maximum Gasteiger partial charge on any atom is 0.204 e. The minimum Gasteiger partial charge on any atom is -0.504 e. The van der Waals surface area contributed by atoms with Crippen LogP contribution in [0.1, 0.15) is 63.5 Å². The van der Waals surface area contributed by atoms with Gasteiger partial charge in [0.25, 0.3) is 0 Å². The SMILES string of the molecule is COc1c(O)c2c(=O)cc3c(C(C)C(=O)CC(C)O)c(C(C)C(=O)CC(C)O)c4cc(=O)c5c(O)c(OC)c(OC)c6c(c1OC)c2c3c4c56. The maximum absolute atomic E-state index is 14.3. The van der Waals surface area contributed by atoms with E-state index in [9.17, 15) is 39.6 Å². The summed E-state index contributed by atoms with van der Waals surface area (Å²) in [6.45, 7) is 6.16. The molecule has 0 aromatic heterocycles. The van der Waals surface area contributed by atoms with E-state index in [2.05, 4.69) is 0 Å². The van der Waals surface area contributed by atoms with Crippen molar-refractivity contribution in [1.82, 2.24) is 0 Å². The summed E-state index contributed by atoms with van der Waals surface area (Å²) >= 11 is 0. The number of methoxy groups -OCH3 is 4. The lowest BCUT2D eigenvalue weighted by Crippen LogP contribution is -2.22. The molecule has 0 heterocycles. The Morgan fingerprint density at radius 3 is 1.14 bits per heavy atom. The van der Waals surface area contributed by atoms with Gasteiger partial charge in [0.1, 0.15) is 11.6 Å². The molecule has 12 nitrogen and oxygen atoms in total. The van der Waals surface area contributed by atoms with E-state index in [1.807, 2.05) is 0 Å². The third-order valence-electron chi connectivity index (χ3n) is 9.86. The van der Waals surface area contributed by atoms with E-state index < -0.39 is 46.4 Å². The van der Waals surface area contributed by atoms with Crippen LogP contribution in [-0.4, -0.2) is 72.6 Å². The third-order valence-corrected chi connectivity index (χ3v) is 9.86. The second kappa shape index (κ2) is 12.3. The van der Waals surface area contributed by atoms with Crippen LogP contribution in [0.5, 0.6) is 34.5 Å². The number of aromatic hydroxyl groups is 2. The lowest BCUT2D eigenvalue weighted by molar-refractivity contribution is -0.123. The third kappa shape index (κ3) is 4.65. The highest BCUT2D eigenvalue weighted by atomic mass is 16.5. The van der Waals surface area contributed by atoms with Crippen LogP contribution in [0, 0.1) is 0 Å². The molecule has 0 saturated carbocycles. The molecule has 0 radical (unpaired) electrons. The Balaban J connectivity index is 2.07.